The minimum Gasteiger partial charge on any atom is -0.511 e. The molecular weight excluding hydrogens is 1210 g/mol. The topological polar surface area (TPSA) is 311 Å². The van der Waals surface area contributed by atoms with Crippen molar-refractivity contribution in [3.63, 3.8) is 0 Å². The zero-order valence-corrected chi connectivity index (χ0v) is 61.1. The molecule has 0 bridgehead atoms. The van der Waals surface area contributed by atoms with Gasteiger partial charge in [-0.2, -0.15) is 0 Å². The second kappa shape index (κ2) is 23.7. The maximum atomic E-state index is 14.3. The van der Waals surface area contributed by atoms with E-state index in [2.05, 4.69) is 0 Å². The van der Waals surface area contributed by atoms with Crippen LogP contribution in [0.3, 0.4) is 0 Å². The zero-order valence-electron chi connectivity index (χ0n) is 61.1. The van der Waals surface area contributed by atoms with Crippen LogP contribution in [0.2, 0.25) is 0 Å². The molecule has 18 heteroatoms. The van der Waals surface area contributed by atoms with Crippen LogP contribution in [-0.4, -0.2) is 88.5 Å². The summed E-state index contributed by atoms with van der Waals surface area (Å²) in [7, 11) is 0. The van der Waals surface area contributed by atoms with Gasteiger partial charge in [-0.3, -0.25) is 47.9 Å². The van der Waals surface area contributed by atoms with Crippen LogP contribution in [-0.2, 0) is 38.4 Å². The summed E-state index contributed by atoms with van der Waals surface area (Å²) < 4.78 is 12.9. The van der Waals surface area contributed by atoms with Crippen molar-refractivity contribution in [2.75, 3.05) is 0 Å². The lowest BCUT2D eigenvalue weighted by Crippen LogP contribution is -2.52. The number of ketones is 10. The fraction of sp³-hybridized carbons (Fsp3) is 0.610. The number of benzene rings is 2. The molecular formula is C77H102O18. The van der Waals surface area contributed by atoms with E-state index in [9.17, 15) is 78.6 Å². The van der Waals surface area contributed by atoms with E-state index in [4.69, 9.17) is 9.47 Å². The van der Waals surface area contributed by atoms with Gasteiger partial charge in [0.1, 0.15) is 68.7 Å². The van der Waals surface area contributed by atoms with E-state index in [1.807, 2.05) is 27.7 Å². The van der Waals surface area contributed by atoms with Crippen molar-refractivity contribution >= 4 is 57.8 Å². The molecule has 0 fully saturated rings. The summed E-state index contributed by atoms with van der Waals surface area (Å²) in [6, 6.07) is 0. The van der Waals surface area contributed by atoms with E-state index in [0.29, 0.717) is 0 Å². The fourth-order valence-electron chi connectivity index (χ4n) is 16.1. The number of carbonyl (C=O) groups is 10. The summed E-state index contributed by atoms with van der Waals surface area (Å²) in [5.74, 6) is -15.3. The lowest BCUT2D eigenvalue weighted by molar-refractivity contribution is -0.147. The number of Topliss-reactive ketones (excluding diaryl/α,β-unsaturated/α-hetero) is 10. The molecule has 6 aliphatic rings. The Hall–Kier alpha value is -7.50. The van der Waals surface area contributed by atoms with Crippen molar-refractivity contribution < 1.29 is 88.1 Å². The van der Waals surface area contributed by atoms with E-state index in [0.717, 1.165) is 0 Å². The Bertz CT molecular complexity index is 3940. The van der Waals surface area contributed by atoms with Gasteiger partial charge in [0.2, 0.25) is 0 Å². The lowest BCUT2D eigenvalue weighted by atomic mass is 9.57. The molecule has 518 valence electrons. The van der Waals surface area contributed by atoms with Gasteiger partial charge in [0.25, 0.3) is 0 Å². The van der Waals surface area contributed by atoms with Crippen LogP contribution in [0.1, 0.15) is 267 Å². The van der Waals surface area contributed by atoms with Crippen LogP contribution >= 0.6 is 0 Å². The van der Waals surface area contributed by atoms with E-state index in [1.165, 1.54) is 27.7 Å². The van der Waals surface area contributed by atoms with E-state index in [-0.39, 0.29) is 109 Å². The smallest absolute Gasteiger partial charge is 0.176 e. The van der Waals surface area contributed by atoms with Crippen molar-refractivity contribution in [1.82, 2.24) is 0 Å². The average Bonchev–Trinajstić information content (AvgIpc) is 0.703. The first-order valence-electron chi connectivity index (χ1n) is 33.4. The van der Waals surface area contributed by atoms with Gasteiger partial charge < -0.3 is 40.1 Å². The Labute approximate surface area is 559 Å². The van der Waals surface area contributed by atoms with Crippen molar-refractivity contribution in [1.29, 1.82) is 0 Å². The third-order valence-electron chi connectivity index (χ3n) is 21.7. The number of fused-ring (bicyclic) bond motifs is 2. The number of rotatable bonds is 13. The Morgan fingerprint density at radius 1 is 0.389 bits per heavy atom. The maximum Gasteiger partial charge on any atom is 0.176 e. The number of aliphatic hydroxyl groups excluding tert-OH is 2. The molecule has 95 heavy (non-hydrogen) atoms. The molecule has 0 spiro atoms. The summed E-state index contributed by atoms with van der Waals surface area (Å²) in [6.07, 6.45) is 0.154. The molecule has 6 N–H and O–H groups in total. The van der Waals surface area contributed by atoms with Gasteiger partial charge in [-0.05, 0) is 134 Å². The second-order valence-corrected chi connectivity index (χ2v) is 33.3. The number of hydrogen-bond donors (Lipinski definition) is 6. The number of phenols is 4. The summed E-state index contributed by atoms with van der Waals surface area (Å²) >= 11 is 0. The predicted molar refractivity (Wildman–Crippen MR) is 358 cm³/mol. The Kier molecular flexibility index (Phi) is 18.6. The first-order valence-corrected chi connectivity index (χ1v) is 33.4. The van der Waals surface area contributed by atoms with Gasteiger partial charge in [0.15, 0.2) is 57.8 Å². The number of aliphatic hydroxyl groups is 2. The minimum absolute atomic E-state index is 0.0765. The molecule has 2 aromatic carbocycles. The Morgan fingerprint density at radius 3 is 0.958 bits per heavy atom. The molecule has 0 amide bonds. The quantitative estimate of drug-likeness (QED) is 0.0802. The fourth-order valence-corrected chi connectivity index (χ4v) is 16.1. The number of allylic oxidation sites excluding steroid dienone is 8. The molecule has 0 saturated heterocycles. The summed E-state index contributed by atoms with van der Waals surface area (Å²) in [5, 5.41) is 72.4. The van der Waals surface area contributed by atoms with Gasteiger partial charge in [-0.15, -0.1) is 0 Å². The van der Waals surface area contributed by atoms with Gasteiger partial charge in [0, 0.05) is 80.1 Å². The van der Waals surface area contributed by atoms with Crippen LogP contribution in [0.5, 0.6) is 34.5 Å². The predicted octanol–water partition coefficient (Wildman–Crippen LogP) is 15.0. The van der Waals surface area contributed by atoms with Crippen molar-refractivity contribution in [3.05, 3.63) is 78.7 Å². The number of ether oxygens (including phenoxy) is 2. The molecule has 0 radical (unpaired) electrons. The highest BCUT2D eigenvalue weighted by molar-refractivity contribution is 6.23. The molecule has 0 saturated carbocycles. The maximum absolute atomic E-state index is 14.3. The van der Waals surface area contributed by atoms with E-state index < -0.39 is 171 Å². The summed E-state index contributed by atoms with van der Waals surface area (Å²) in [6.45, 7) is 46.2. The van der Waals surface area contributed by atoms with Crippen molar-refractivity contribution in [2.45, 2.75) is 224 Å². The Balaban J connectivity index is 0.000000269. The normalized spacial score (nSPS) is 24.6. The molecule has 2 aliphatic heterocycles. The van der Waals surface area contributed by atoms with E-state index in [1.54, 1.807) is 138 Å². The molecule has 0 aromatic heterocycles. The van der Waals surface area contributed by atoms with Crippen LogP contribution < -0.4 is 9.47 Å². The van der Waals surface area contributed by atoms with Gasteiger partial charge in [0.05, 0.1) is 43.3 Å². The first-order chi connectivity index (χ1) is 43.0. The average molecular weight is 1320 g/mol. The number of carbonyl (C=O) groups excluding carboxylic acids is 10. The molecule has 8 rings (SSSR count). The molecule has 1 unspecified atom stereocenters. The highest BCUT2D eigenvalue weighted by Crippen LogP contribution is 2.65. The third-order valence-corrected chi connectivity index (χ3v) is 21.7. The van der Waals surface area contributed by atoms with Crippen LogP contribution in [0.15, 0.2) is 45.3 Å². The van der Waals surface area contributed by atoms with Crippen LogP contribution in [0, 0.1) is 78.8 Å². The monoisotopic (exact) mass is 1310 g/mol. The van der Waals surface area contributed by atoms with Gasteiger partial charge in [-0.1, -0.05) is 90.0 Å². The first kappa shape index (κ1) is 74.9. The highest BCUT2D eigenvalue weighted by Gasteiger charge is 2.63. The lowest BCUT2D eigenvalue weighted by Gasteiger charge is -2.46. The number of phenolic OH excluding ortho intramolecular Hbond substituents is 4. The number of aromatic hydroxyl groups is 4. The van der Waals surface area contributed by atoms with Gasteiger partial charge in [-0.25, -0.2) is 0 Å². The van der Waals surface area contributed by atoms with Crippen molar-refractivity contribution in [3.8, 4) is 34.5 Å². The molecule has 4 aliphatic carbocycles. The van der Waals surface area contributed by atoms with E-state index >= 15 is 0 Å². The number of hydrogen-bond acceptors (Lipinski definition) is 18. The largest absolute Gasteiger partial charge is 0.511 e. The Morgan fingerprint density at radius 2 is 0.674 bits per heavy atom. The third kappa shape index (κ3) is 10.4. The second-order valence-electron chi connectivity index (χ2n) is 33.3. The zero-order chi connectivity index (χ0) is 73.2. The summed E-state index contributed by atoms with van der Waals surface area (Å²) in [5.41, 5.74) is -11.8. The van der Waals surface area contributed by atoms with Crippen molar-refractivity contribution in [2.24, 2.45) is 78.8 Å². The van der Waals surface area contributed by atoms with Gasteiger partial charge >= 0.3 is 0 Å². The minimum atomic E-state index is -1.53. The summed E-state index contributed by atoms with van der Waals surface area (Å²) in [4.78, 5) is 139. The molecule has 2 aromatic rings. The highest BCUT2D eigenvalue weighted by atomic mass is 16.5. The van der Waals surface area contributed by atoms with Crippen LogP contribution in [0.4, 0.5) is 0 Å². The SMILES string of the molecule is CC(C)C(=O)c1c(O)c([C@H](C2=C(O)C(C)(C)C(=O)C(C)(C)C2=O)C(C)C)c(O)c2c1OC1=C(C(=O)C(C)(C)C(=O)C1(C)C)[C@@H]2C(C)C.CCC1(C)C(=O)C([C@H](c2c(O)c(C(=O)C(C)C)c3c(c2O)[C@@H](C(C)C)C2=C(O3)C(C)(C)C(=O)C(C)(C)C2=O)C(C)C)=C(O)C(C)(C)C1=O. The standard InChI is InChI=1S/C39H52O9.C38H50O9/c1-15-39(14)32(45)23(30(43)37(10,11)35(39)47)19(16(2)3)21-27(41)22-20(17(4)5)24-31(44)36(8,9)34(46)38(12,13)33(24)48-29(22)25(28(21)42)26(40)18(6)7;1-15(2)18(22-29(42)35(7,8)33(45)36(9,10)30(22)43)20-26(40)21-19(16(3)4)23-31(44)37(11,12)34(46)38(13,14)32(23)47-28(21)24(27(20)41)25(39)17(5)6/h16-20,41-43H,15H2,1-14H3;15-19,40-42H,1-14H3/t19-,20+,39?;18-,19-/m01/s1. The molecule has 18 nitrogen and oxygen atoms in total. The molecule has 5 atom stereocenters. The van der Waals surface area contributed by atoms with Crippen LogP contribution in [0.25, 0.3) is 0 Å². The molecule has 2 heterocycles.